The highest BCUT2D eigenvalue weighted by molar-refractivity contribution is 7.92. The van der Waals surface area contributed by atoms with Crippen LogP contribution >= 0.6 is 11.6 Å². The van der Waals surface area contributed by atoms with Crippen LogP contribution in [0.25, 0.3) is 0 Å². The third-order valence-electron chi connectivity index (χ3n) is 8.08. The molecular formula is C38H44ClN3O6S. The van der Waals surface area contributed by atoms with Crippen molar-refractivity contribution in [2.75, 3.05) is 31.6 Å². The van der Waals surface area contributed by atoms with Crippen LogP contribution in [-0.4, -0.2) is 58.5 Å². The Kier molecular flexibility index (Phi) is 13.1. The van der Waals surface area contributed by atoms with E-state index in [9.17, 15) is 18.0 Å². The van der Waals surface area contributed by atoms with E-state index in [1.165, 1.54) is 37.3 Å². The summed E-state index contributed by atoms with van der Waals surface area (Å²) in [6, 6.07) is 25.2. The van der Waals surface area contributed by atoms with Gasteiger partial charge in [0.15, 0.2) is 11.5 Å². The molecule has 0 saturated heterocycles. The lowest BCUT2D eigenvalue weighted by molar-refractivity contribution is -0.140. The highest BCUT2D eigenvalue weighted by Gasteiger charge is 2.35. The number of nitrogens with one attached hydrogen (secondary N) is 1. The standard InChI is InChI=1S/C38H44ClN3O6S/c1-6-7-19-40-38(44)34(23-29-11-9-8-10-12-29)41(25-30-13-15-31(39)16-14-30)37(43)26-42(32-21-27(2)20-28(3)22-32)49(45,46)33-17-18-35(47-4)36(24-33)48-5/h8-18,20-22,24,34H,6-7,19,23,25-26H2,1-5H3,(H,40,44). The SMILES string of the molecule is CCCCNC(=O)C(Cc1ccccc1)N(Cc1ccc(Cl)cc1)C(=O)CN(c1cc(C)cc(C)c1)S(=O)(=O)c1ccc(OC)c(OC)c1. The number of ether oxygens (including phenoxy) is 2. The molecule has 0 spiro atoms. The van der Waals surface area contributed by atoms with Crippen molar-refractivity contribution in [3.05, 3.63) is 118 Å². The molecule has 0 aliphatic heterocycles. The summed E-state index contributed by atoms with van der Waals surface area (Å²) in [4.78, 5) is 30.0. The minimum Gasteiger partial charge on any atom is -0.493 e. The second kappa shape index (κ2) is 17.2. The Labute approximate surface area is 294 Å². The molecule has 11 heteroatoms. The molecular weight excluding hydrogens is 662 g/mol. The van der Waals surface area contributed by atoms with Crippen LogP contribution in [0.4, 0.5) is 5.69 Å². The monoisotopic (exact) mass is 705 g/mol. The number of rotatable bonds is 16. The molecule has 0 aliphatic rings. The number of hydrogen-bond acceptors (Lipinski definition) is 6. The molecule has 4 aromatic rings. The highest BCUT2D eigenvalue weighted by atomic mass is 35.5. The van der Waals surface area contributed by atoms with Crippen LogP contribution in [0.2, 0.25) is 5.02 Å². The van der Waals surface area contributed by atoms with Crippen LogP contribution in [-0.2, 0) is 32.6 Å². The number of nitrogens with zero attached hydrogens (tertiary/aromatic N) is 2. The van der Waals surface area contributed by atoms with Crippen LogP contribution in [0.5, 0.6) is 11.5 Å². The summed E-state index contributed by atoms with van der Waals surface area (Å²) in [6.45, 7) is 5.69. The van der Waals surface area contributed by atoms with E-state index in [0.717, 1.165) is 39.4 Å². The molecule has 0 aromatic heterocycles. The van der Waals surface area contributed by atoms with Crippen molar-refractivity contribution < 1.29 is 27.5 Å². The molecule has 0 aliphatic carbocycles. The molecule has 4 aromatic carbocycles. The van der Waals surface area contributed by atoms with Gasteiger partial charge in [-0.25, -0.2) is 8.42 Å². The molecule has 49 heavy (non-hydrogen) atoms. The number of carbonyl (C=O) groups is 2. The summed E-state index contributed by atoms with van der Waals surface area (Å²) in [6.07, 6.45) is 1.89. The summed E-state index contributed by atoms with van der Waals surface area (Å²) in [5, 5.41) is 3.53. The minimum atomic E-state index is -4.34. The van der Waals surface area contributed by atoms with Gasteiger partial charge in [0.05, 0.1) is 24.8 Å². The van der Waals surface area contributed by atoms with Gasteiger partial charge in [0.2, 0.25) is 11.8 Å². The number of methoxy groups -OCH3 is 2. The van der Waals surface area contributed by atoms with E-state index in [1.54, 1.807) is 36.4 Å². The maximum absolute atomic E-state index is 14.7. The van der Waals surface area contributed by atoms with Gasteiger partial charge in [-0.3, -0.25) is 13.9 Å². The Morgan fingerprint density at radius 1 is 0.837 bits per heavy atom. The predicted molar refractivity (Wildman–Crippen MR) is 194 cm³/mol. The number of benzene rings is 4. The van der Waals surface area contributed by atoms with Crippen molar-refractivity contribution >= 4 is 39.1 Å². The Balaban J connectivity index is 1.84. The maximum atomic E-state index is 14.7. The molecule has 0 radical (unpaired) electrons. The zero-order valence-corrected chi connectivity index (χ0v) is 30.2. The van der Waals surface area contributed by atoms with E-state index in [-0.39, 0.29) is 29.5 Å². The largest absolute Gasteiger partial charge is 0.493 e. The van der Waals surface area contributed by atoms with Crippen molar-refractivity contribution in [1.82, 2.24) is 10.2 Å². The smallest absolute Gasteiger partial charge is 0.264 e. The summed E-state index contributed by atoms with van der Waals surface area (Å²) >= 11 is 6.18. The number of carbonyl (C=O) groups excluding carboxylic acids is 2. The van der Waals surface area contributed by atoms with Gasteiger partial charge >= 0.3 is 0 Å². The number of amides is 2. The Hall–Kier alpha value is -4.54. The van der Waals surface area contributed by atoms with Gasteiger partial charge in [-0.15, -0.1) is 0 Å². The molecule has 0 fully saturated rings. The summed E-state index contributed by atoms with van der Waals surface area (Å²) in [7, 11) is -1.45. The Bertz CT molecular complexity index is 1810. The van der Waals surface area contributed by atoms with E-state index in [2.05, 4.69) is 5.32 Å². The van der Waals surface area contributed by atoms with Crippen LogP contribution in [0.1, 0.15) is 42.0 Å². The summed E-state index contributed by atoms with van der Waals surface area (Å²) in [5.41, 5.74) is 3.56. The van der Waals surface area contributed by atoms with Gasteiger partial charge < -0.3 is 19.7 Å². The number of anilines is 1. The number of sulfonamides is 1. The number of hydrogen-bond donors (Lipinski definition) is 1. The van der Waals surface area contributed by atoms with E-state index < -0.39 is 28.5 Å². The molecule has 0 heterocycles. The number of aryl methyl sites for hydroxylation is 2. The molecule has 1 unspecified atom stereocenters. The Morgan fingerprint density at radius 2 is 1.49 bits per heavy atom. The van der Waals surface area contributed by atoms with Gasteiger partial charge in [-0.05, 0) is 78.9 Å². The van der Waals surface area contributed by atoms with Crippen LogP contribution in [0, 0.1) is 13.8 Å². The third-order valence-corrected chi connectivity index (χ3v) is 10.1. The molecule has 0 saturated carbocycles. The third kappa shape index (κ3) is 9.77. The summed E-state index contributed by atoms with van der Waals surface area (Å²) < 4.78 is 40.9. The Morgan fingerprint density at radius 3 is 2.10 bits per heavy atom. The van der Waals surface area contributed by atoms with Gasteiger partial charge in [-0.1, -0.05) is 73.5 Å². The molecule has 4 rings (SSSR count). The van der Waals surface area contributed by atoms with Crippen molar-refractivity contribution in [3.63, 3.8) is 0 Å². The first-order chi connectivity index (χ1) is 23.5. The maximum Gasteiger partial charge on any atom is 0.264 e. The zero-order valence-electron chi connectivity index (χ0n) is 28.6. The fourth-order valence-corrected chi connectivity index (χ4v) is 7.11. The minimum absolute atomic E-state index is 0.0474. The number of halogens is 1. The molecule has 9 nitrogen and oxygen atoms in total. The van der Waals surface area contributed by atoms with Gasteiger partial charge in [0.25, 0.3) is 10.0 Å². The van der Waals surface area contributed by atoms with Crippen molar-refractivity contribution in [2.24, 2.45) is 0 Å². The first-order valence-corrected chi connectivity index (χ1v) is 18.0. The van der Waals surface area contributed by atoms with Gasteiger partial charge in [0, 0.05) is 30.6 Å². The molecule has 260 valence electrons. The number of unbranched alkanes of at least 4 members (excludes halogenated alkanes) is 1. The van der Waals surface area contributed by atoms with Gasteiger partial charge in [0.1, 0.15) is 12.6 Å². The van der Waals surface area contributed by atoms with E-state index in [1.807, 2.05) is 57.2 Å². The lowest BCUT2D eigenvalue weighted by Crippen LogP contribution is -2.53. The van der Waals surface area contributed by atoms with Crippen molar-refractivity contribution in [1.29, 1.82) is 0 Å². The normalized spacial score (nSPS) is 11.8. The molecule has 2 amide bonds. The lowest BCUT2D eigenvalue weighted by Gasteiger charge is -2.34. The van der Waals surface area contributed by atoms with E-state index in [0.29, 0.717) is 23.0 Å². The average molecular weight is 706 g/mol. The second-order valence-corrected chi connectivity index (χ2v) is 14.2. The van der Waals surface area contributed by atoms with Crippen LogP contribution in [0.15, 0.2) is 95.9 Å². The van der Waals surface area contributed by atoms with Crippen molar-refractivity contribution in [2.45, 2.75) is 57.5 Å². The predicted octanol–water partition coefficient (Wildman–Crippen LogP) is 6.73. The van der Waals surface area contributed by atoms with Crippen molar-refractivity contribution in [3.8, 4) is 11.5 Å². The molecule has 0 bridgehead atoms. The van der Waals surface area contributed by atoms with E-state index in [4.69, 9.17) is 21.1 Å². The zero-order chi connectivity index (χ0) is 35.6. The average Bonchev–Trinajstić information content (AvgIpc) is 3.09. The quantitative estimate of drug-likeness (QED) is 0.130. The topological polar surface area (TPSA) is 105 Å². The second-order valence-electron chi connectivity index (χ2n) is 11.9. The first-order valence-electron chi connectivity index (χ1n) is 16.2. The summed E-state index contributed by atoms with van der Waals surface area (Å²) in [5.74, 6) is -0.279. The van der Waals surface area contributed by atoms with Gasteiger partial charge in [-0.2, -0.15) is 0 Å². The fraction of sp³-hybridized carbons (Fsp3) is 0.316. The molecule has 1 N–H and O–H groups in total. The van der Waals surface area contributed by atoms with Crippen LogP contribution < -0.4 is 19.1 Å². The lowest BCUT2D eigenvalue weighted by atomic mass is 10.0. The van der Waals surface area contributed by atoms with E-state index >= 15 is 0 Å². The van der Waals surface area contributed by atoms with Crippen LogP contribution in [0.3, 0.4) is 0 Å². The highest BCUT2D eigenvalue weighted by Crippen LogP contribution is 2.33. The molecule has 1 atom stereocenters. The first kappa shape index (κ1) is 37.3. The fourth-order valence-electron chi connectivity index (χ4n) is 5.57.